The Balaban J connectivity index is 2.27. The van der Waals surface area contributed by atoms with Gasteiger partial charge in [-0.1, -0.05) is 91.0 Å². The molecule has 1 unspecified atom stereocenters. The molecule has 0 bridgehead atoms. The summed E-state index contributed by atoms with van der Waals surface area (Å²) in [6.07, 6.45) is -0.464. The quantitative estimate of drug-likeness (QED) is 0.546. The highest BCUT2D eigenvalue weighted by Crippen LogP contribution is 2.50. The first-order valence-electron chi connectivity index (χ1n) is 8.83. The maximum atomic E-state index is 11.9. The molecule has 0 aromatic heterocycles. The summed E-state index contributed by atoms with van der Waals surface area (Å²) in [6.45, 7) is 0. The van der Waals surface area contributed by atoms with E-state index in [1.165, 1.54) is 0 Å². The number of thioether (sulfide) groups is 1. The van der Waals surface area contributed by atoms with Crippen LogP contribution >= 0.6 is 11.8 Å². The highest BCUT2D eigenvalue weighted by atomic mass is 32.2. The summed E-state index contributed by atoms with van der Waals surface area (Å²) in [6, 6.07) is 28.9. The minimum Gasteiger partial charge on any atom is -0.481 e. The number of carbonyl (C=O) groups is 2. The first kappa shape index (κ1) is 19.7. The van der Waals surface area contributed by atoms with Crippen molar-refractivity contribution >= 4 is 23.7 Å². The van der Waals surface area contributed by atoms with Crippen molar-refractivity contribution in [2.24, 2.45) is 0 Å². The smallest absolute Gasteiger partial charge is 0.317 e. The number of carboxylic acid groups (broad SMARTS) is 2. The van der Waals surface area contributed by atoms with E-state index in [0.29, 0.717) is 0 Å². The van der Waals surface area contributed by atoms with Crippen LogP contribution < -0.4 is 0 Å². The van der Waals surface area contributed by atoms with Crippen LogP contribution in [0.2, 0.25) is 0 Å². The van der Waals surface area contributed by atoms with E-state index in [4.69, 9.17) is 0 Å². The Morgan fingerprint density at radius 3 is 1.36 bits per heavy atom. The van der Waals surface area contributed by atoms with Crippen LogP contribution in [0, 0.1) is 0 Å². The minimum atomic E-state index is -1.14. The van der Waals surface area contributed by atoms with Crippen molar-refractivity contribution in [3.63, 3.8) is 0 Å². The van der Waals surface area contributed by atoms with Gasteiger partial charge in [0, 0.05) is 0 Å². The fourth-order valence-corrected chi connectivity index (χ4v) is 4.84. The van der Waals surface area contributed by atoms with Gasteiger partial charge in [-0.15, -0.1) is 11.8 Å². The number of hydrogen-bond acceptors (Lipinski definition) is 3. The number of hydrogen-bond donors (Lipinski definition) is 2. The van der Waals surface area contributed by atoms with E-state index in [0.717, 1.165) is 28.5 Å². The third-order valence-electron chi connectivity index (χ3n) is 4.50. The molecule has 2 N–H and O–H groups in total. The standard InChI is InChI=1S/C23H20O4S/c24-21(25)16-20(22(26)27)28-23(17-10-4-1-5-11-17,18-12-6-2-7-13-18)19-14-8-3-9-15-19/h1-15,20H,16H2,(H,24,25)(H,26,27). The van der Waals surface area contributed by atoms with Gasteiger partial charge in [-0.2, -0.15) is 0 Å². The second kappa shape index (κ2) is 8.76. The van der Waals surface area contributed by atoms with Gasteiger partial charge in [-0.25, -0.2) is 0 Å². The number of carboxylic acids is 2. The lowest BCUT2D eigenvalue weighted by Crippen LogP contribution is -2.32. The fourth-order valence-electron chi connectivity index (χ4n) is 3.27. The van der Waals surface area contributed by atoms with E-state index in [1.54, 1.807) is 0 Å². The zero-order valence-electron chi connectivity index (χ0n) is 15.1. The van der Waals surface area contributed by atoms with Crippen LogP contribution in [0.5, 0.6) is 0 Å². The van der Waals surface area contributed by atoms with Crippen LogP contribution in [0.3, 0.4) is 0 Å². The molecule has 0 aliphatic rings. The highest BCUT2D eigenvalue weighted by Gasteiger charge is 2.41. The average molecular weight is 392 g/mol. The van der Waals surface area contributed by atoms with Crippen LogP contribution in [0.4, 0.5) is 0 Å². The van der Waals surface area contributed by atoms with Crippen LogP contribution in [-0.2, 0) is 14.3 Å². The predicted molar refractivity (Wildman–Crippen MR) is 110 cm³/mol. The van der Waals surface area contributed by atoms with Gasteiger partial charge in [-0.05, 0) is 16.7 Å². The van der Waals surface area contributed by atoms with E-state index in [1.807, 2.05) is 91.0 Å². The van der Waals surface area contributed by atoms with Gasteiger partial charge in [0.25, 0.3) is 0 Å². The topological polar surface area (TPSA) is 74.6 Å². The molecule has 142 valence electrons. The van der Waals surface area contributed by atoms with Gasteiger partial charge in [0.2, 0.25) is 0 Å². The molecule has 3 aromatic carbocycles. The molecule has 1 atom stereocenters. The van der Waals surface area contributed by atoms with Crippen molar-refractivity contribution in [3.05, 3.63) is 108 Å². The van der Waals surface area contributed by atoms with Crippen LogP contribution in [-0.4, -0.2) is 27.4 Å². The molecular weight excluding hydrogens is 372 g/mol. The summed E-state index contributed by atoms with van der Waals surface area (Å²) in [5, 5.41) is 17.9. The Kier molecular flexibility index (Phi) is 6.16. The molecule has 0 aliphatic heterocycles. The minimum absolute atomic E-state index is 0.464. The monoisotopic (exact) mass is 392 g/mol. The third kappa shape index (κ3) is 4.10. The molecule has 0 heterocycles. The average Bonchev–Trinajstić information content (AvgIpc) is 2.72. The Labute approximate surface area is 167 Å². The molecule has 4 nitrogen and oxygen atoms in total. The third-order valence-corrected chi connectivity index (χ3v) is 6.21. The van der Waals surface area contributed by atoms with Gasteiger partial charge in [0.05, 0.1) is 11.2 Å². The molecular formula is C23H20O4S. The first-order valence-corrected chi connectivity index (χ1v) is 9.71. The Bertz CT molecular complexity index is 830. The summed E-state index contributed by atoms with van der Waals surface area (Å²) < 4.78 is -0.859. The lowest BCUT2D eigenvalue weighted by Gasteiger charge is -2.37. The molecule has 3 aromatic rings. The maximum absolute atomic E-state index is 11.9. The van der Waals surface area contributed by atoms with Gasteiger partial charge in [0.1, 0.15) is 5.25 Å². The summed E-state index contributed by atoms with van der Waals surface area (Å²) >= 11 is 1.15. The first-order chi connectivity index (χ1) is 13.5. The van der Waals surface area contributed by atoms with Gasteiger partial charge < -0.3 is 10.2 Å². The Hall–Kier alpha value is -3.05. The van der Waals surface area contributed by atoms with E-state index >= 15 is 0 Å². The van der Waals surface area contributed by atoms with Gasteiger partial charge >= 0.3 is 11.9 Å². The van der Waals surface area contributed by atoms with Gasteiger partial charge in [0.15, 0.2) is 0 Å². The summed E-state index contributed by atoms with van der Waals surface area (Å²) in [4.78, 5) is 23.3. The predicted octanol–water partition coefficient (Wildman–Crippen LogP) is 4.64. The summed E-state index contributed by atoms with van der Waals surface area (Å²) in [5.41, 5.74) is 2.69. The molecule has 0 amide bonds. The maximum Gasteiger partial charge on any atom is 0.317 e. The van der Waals surface area contributed by atoms with E-state index in [9.17, 15) is 19.8 Å². The lowest BCUT2D eigenvalue weighted by atomic mass is 9.84. The number of aliphatic carboxylic acids is 2. The molecule has 0 saturated carbocycles. The van der Waals surface area contributed by atoms with Crippen LogP contribution in [0.15, 0.2) is 91.0 Å². The Morgan fingerprint density at radius 1 is 0.714 bits per heavy atom. The van der Waals surface area contributed by atoms with Gasteiger partial charge in [-0.3, -0.25) is 9.59 Å². The molecule has 3 rings (SSSR count). The normalized spacial score (nSPS) is 12.3. The van der Waals surface area contributed by atoms with Crippen LogP contribution in [0.1, 0.15) is 23.1 Å². The number of rotatable bonds is 8. The van der Waals surface area contributed by atoms with Crippen molar-refractivity contribution in [3.8, 4) is 0 Å². The van der Waals surface area contributed by atoms with Crippen molar-refractivity contribution in [1.29, 1.82) is 0 Å². The van der Waals surface area contributed by atoms with Crippen molar-refractivity contribution in [1.82, 2.24) is 0 Å². The lowest BCUT2D eigenvalue weighted by molar-refractivity contribution is -0.142. The van der Waals surface area contributed by atoms with Crippen molar-refractivity contribution in [2.75, 3.05) is 0 Å². The summed E-state index contributed by atoms with van der Waals surface area (Å²) in [5.74, 6) is -2.28. The largest absolute Gasteiger partial charge is 0.481 e. The molecule has 0 fully saturated rings. The van der Waals surface area contributed by atoms with Crippen molar-refractivity contribution < 1.29 is 19.8 Å². The number of benzene rings is 3. The fraction of sp³-hybridized carbons (Fsp3) is 0.130. The second-order valence-corrected chi connectivity index (χ2v) is 7.74. The van der Waals surface area contributed by atoms with E-state index in [2.05, 4.69) is 0 Å². The molecule has 5 heteroatoms. The molecule has 28 heavy (non-hydrogen) atoms. The van der Waals surface area contributed by atoms with Crippen molar-refractivity contribution in [2.45, 2.75) is 16.4 Å². The molecule has 0 radical (unpaired) electrons. The highest BCUT2D eigenvalue weighted by molar-refractivity contribution is 8.01. The van der Waals surface area contributed by atoms with E-state index in [-0.39, 0.29) is 0 Å². The zero-order valence-corrected chi connectivity index (χ0v) is 15.9. The molecule has 0 spiro atoms. The zero-order chi connectivity index (χ0) is 20.0. The molecule has 0 saturated heterocycles. The second-order valence-electron chi connectivity index (χ2n) is 6.32. The van der Waals surface area contributed by atoms with Crippen LogP contribution in [0.25, 0.3) is 0 Å². The van der Waals surface area contributed by atoms with E-state index < -0.39 is 28.4 Å². The SMILES string of the molecule is O=C(O)CC(SC(c1ccccc1)(c1ccccc1)c1ccccc1)C(=O)O. The Morgan fingerprint density at radius 2 is 1.07 bits per heavy atom. The summed E-state index contributed by atoms with van der Waals surface area (Å²) in [7, 11) is 0. The molecule has 0 aliphatic carbocycles.